The predicted octanol–water partition coefficient (Wildman–Crippen LogP) is 3.97. The number of aromatic nitrogens is 2. The van der Waals surface area contributed by atoms with Crippen LogP contribution in [0.4, 0.5) is 0 Å². The van der Waals surface area contributed by atoms with Crippen molar-refractivity contribution in [1.82, 2.24) is 9.55 Å². The molecular formula is C22H18N2O3. The molecule has 5 nitrogen and oxygen atoms in total. The quantitative estimate of drug-likeness (QED) is 0.542. The molecule has 4 rings (SSSR count). The van der Waals surface area contributed by atoms with E-state index in [9.17, 15) is 4.79 Å². The smallest absolute Gasteiger partial charge is 0.266 e. The van der Waals surface area contributed by atoms with Crippen LogP contribution in [0.2, 0.25) is 0 Å². The summed E-state index contributed by atoms with van der Waals surface area (Å²) in [5.41, 5.74) is 1.24. The second-order valence-electron chi connectivity index (χ2n) is 5.99. The molecule has 3 aromatic carbocycles. The number of hydrogen-bond donors (Lipinski definition) is 0. The maximum atomic E-state index is 13.2. The minimum atomic E-state index is -0.127. The van der Waals surface area contributed by atoms with E-state index in [4.69, 9.17) is 9.47 Å². The normalized spacial score (nSPS) is 10.7. The molecule has 0 aliphatic carbocycles. The molecule has 0 aliphatic heterocycles. The first-order valence-corrected chi connectivity index (χ1v) is 8.59. The third-order valence-electron chi connectivity index (χ3n) is 4.29. The van der Waals surface area contributed by atoms with Crippen molar-refractivity contribution in [1.29, 1.82) is 0 Å². The van der Waals surface area contributed by atoms with Crippen LogP contribution >= 0.6 is 0 Å². The van der Waals surface area contributed by atoms with Crippen LogP contribution in [-0.4, -0.2) is 16.7 Å². The summed E-state index contributed by atoms with van der Waals surface area (Å²) >= 11 is 0. The molecule has 0 aliphatic rings. The summed E-state index contributed by atoms with van der Waals surface area (Å²) in [7, 11) is 1.61. The van der Waals surface area contributed by atoms with Crippen LogP contribution in [0, 0.1) is 0 Å². The zero-order valence-corrected chi connectivity index (χ0v) is 14.8. The first-order chi connectivity index (χ1) is 13.3. The average molecular weight is 358 g/mol. The summed E-state index contributed by atoms with van der Waals surface area (Å²) in [6.45, 7) is 0.177. The zero-order chi connectivity index (χ0) is 18.6. The maximum Gasteiger partial charge on any atom is 0.266 e. The van der Waals surface area contributed by atoms with Gasteiger partial charge in [0.25, 0.3) is 5.56 Å². The van der Waals surface area contributed by atoms with Gasteiger partial charge in [-0.3, -0.25) is 9.36 Å². The lowest BCUT2D eigenvalue weighted by Gasteiger charge is -2.15. The lowest BCUT2D eigenvalue weighted by molar-refractivity contribution is 0.292. The highest BCUT2D eigenvalue weighted by atomic mass is 16.5. The van der Waals surface area contributed by atoms with Gasteiger partial charge in [-0.2, -0.15) is 0 Å². The number of para-hydroxylation sites is 2. The van der Waals surface area contributed by atoms with Gasteiger partial charge in [0.05, 0.1) is 23.7 Å². The fraction of sp³-hybridized carbons (Fsp3) is 0.0909. The van der Waals surface area contributed by atoms with Crippen molar-refractivity contribution in [3.8, 4) is 17.2 Å². The number of benzene rings is 3. The van der Waals surface area contributed by atoms with Crippen molar-refractivity contribution in [3.05, 3.63) is 95.0 Å². The molecule has 0 bridgehead atoms. The molecule has 0 saturated heterocycles. The first-order valence-electron chi connectivity index (χ1n) is 8.59. The largest absolute Gasteiger partial charge is 0.497 e. The van der Waals surface area contributed by atoms with Crippen LogP contribution in [-0.2, 0) is 6.61 Å². The molecule has 4 aromatic rings. The lowest BCUT2D eigenvalue weighted by Crippen LogP contribution is -2.25. The number of rotatable bonds is 5. The van der Waals surface area contributed by atoms with Gasteiger partial charge in [0.15, 0.2) is 5.82 Å². The van der Waals surface area contributed by atoms with Crippen molar-refractivity contribution in [2.75, 3.05) is 7.11 Å². The molecule has 0 spiro atoms. The molecule has 1 heterocycles. The monoisotopic (exact) mass is 358 g/mol. The van der Waals surface area contributed by atoms with Crippen LogP contribution in [0.25, 0.3) is 16.6 Å². The predicted molar refractivity (Wildman–Crippen MR) is 105 cm³/mol. The van der Waals surface area contributed by atoms with Gasteiger partial charge in [-0.25, -0.2) is 4.98 Å². The summed E-state index contributed by atoms with van der Waals surface area (Å²) in [6, 6.07) is 24.1. The van der Waals surface area contributed by atoms with E-state index in [1.165, 1.54) is 0 Å². The van der Waals surface area contributed by atoms with Crippen LogP contribution < -0.4 is 15.0 Å². The summed E-state index contributed by atoms with van der Waals surface area (Å²) in [6.07, 6.45) is 0. The number of methoxy groups -OCH3 is 1. The number of hydrogen-bond acceptors (Lipinski definition) is 4. The third kappa shape index (κ3) is 3.40. The number of fused-ring (bicyclic) bond motifs is 1. The van der Waals surface area contributed by atoms with E-state index in [-0.39, 0.29) is 12.2 Å². The Morgan fingerprint density at radius 2 is 1.56 bits per heavy atom. The molecule has 0 amide bonds. The molecule has 1 aromatic heterocycles. The summed E-state index contributed by atoms with van der Waals surface area (Å²) in [4.78, 5) is 17.8. The van der Waals surface area contributed by atoms with Crippen LogP contribution in [0.15, 0.2) is 83.7 Å². The Morgan fingerprint density at radius 3 is 2.30 bits per heavy atom. The molecule has 27 heavy (non-hydrogen) atoms. The molecule has 0 N–H and O–H groups in total. The maximum absolute atomic E-state index is 13.2. The van der Waals surface area contributed by atoms with Gasteiger partial charge in [0, 0.05) is 0 Å². The van der Waals surface area contributed by atoms with Gasteiger partial charge >= 0.3 is 0 Å². The van der Waals surface area contributed by atoms with Crippen molar-refractivity contribution < 1.29 is 9.47 Å². The Morgan fingerprint density at radius 1 is 0.852 bits per heavy atom. The summed E-state index contributed by atoms with van der Waals surface area (Å²) in [5, 5.41) is 0.566. The van der Waals surface area contributed by atoms with Crippen molar-refractivity contribution in [2.24, 2.45) is 0 Å². The SMILES string of the molecule is COc1ccc(-n2c(COc3ccccc3)nc3ccccc3c2=O)cc1. The molecule has 0 atom stereocenters. The van der Waals surface area contributed by atoms with Gasteiger partial charge < -0.3 is 9.47 Å². The second kappa shape index (κ2) is 7.33. The molecule has 0 radical (unpaired) electrons. The molecule has 0 saturated carbocycles. The third-order valence-corrected chi connectivity index (χ3v) is 4.29. The van der Waals surface area contributed by atoms with Gasteiger partial charge in [-0.15, -0.1) is 0 Å². The van der Waals surface area contributed by atoms with Crippen LogP contribution in [0.5, 0.6) is 11.5 Å². The number of nitrogens with zero attached hydrogens (tertiary/aromatic N) is 2. The highest BCUT2D eigenvalue weighted by molar-refractivity contribution is 5.77. The molecule has 0 unspecified atom stereocenters. The Labute approximate surface area is 156 Å². The topological polar surface area (TPSA) is 53.4 Å². The van der Waals surface area contributed by atoms with Gasteiger partial charge in [0.1, 0.15) is 18.1 Å². The van der Waals surface area contributed by atoms with Gasteiger partial charge in [-0.05, 0) is 48.5 Å². The van der Waals surface area contributed by atoms with Crippen LogP contribution in [0.3, 0.4) is 0 Å². The fourth-order valence-corrected chi connectivity index (χ4v) is 2.94. The van der Waals surface area contributed by atoms with E-state index in [0.717, 1.165) is 11.5 Å². The minimum Gasteiger partial charge on any atom is -0.497 e. The van der Waals surface area contributed by atoms with E-state index < -0.39 is 0 Å². The molecule has 5 heteroatoms. The molecule has 0 fully saturated rings. The van der Waals surface area contributed by atoms with Crippen molar-refractivity contribution in [3.63, 3.8) is 0 Å². The van der Waals surface area contributed by atoms with Gasteiger partial charge in [0.2, 0.25) is 0 Å². The van der Waals surface area contributed by atoms with E-state index in [2.05, 4.69) is 4.98 Å². The number of ether oxygens (including phenoxy) is 2. The van der Waals surface area contributed by atoms with E-state index in [0.29, 0.717) is 22.4 Å². The first kappa shape index (κ1) is 16.8. The average Bonchev–Trinajstić information content (AvgIpc) is 2.73. The van der Waals surface area contributed by atoms with Gasteiger partial charge in [-0.1, -0.05) is 30.3 Å². The molecule has 134 valence electrons. The summed E-state index contributed by atoms with van der Waals surface area (Å²) in [5.74, 6) is 1.98. The summed E-state index contributed by atoms with van der Waals surface area (Å²) < 4.78 is 12.7. The zero-order valence-electron chi connectivity index (χ0n) is 14.8. The minimum absolute atomic E-state index is 0.127. The second-order valence-corrected chi connectivity index (χ2v) is 5.99. The Balaban J connectivity index is 1.83. The Bertz CT molecular complexity index is 1120. The van der Waals surface area contributed by atoms with E-state index in [1.54, 1.807) is 17.7 Å². The Hall–Kier alpha value is -3.60. The lowest BCUT2D eigenvalue weighted by atomic mass is 10.2. The molecular weight excluding hydrogens is 340 g/mol. The van der Waals surface area contributed by atoms with Crippen molar-refractivity contribution >= 4 is 10.9 Å². The highest BCUT2D eigenvalue weighted by Crippen LogP contribution is 2.18. The standard InChI is InChI=1S/C22H18N2O3/c1-26-17-13-11-16(12-14-17)24-21(15-27-18-7-3-2-4-8-18)23-20-10-6-5-9-19(20)22(24)25/h2-14H,15H2,1H3. The van der Waals surface area contributed by atoms with E-state index in [1.807, 2.05) is 72.8 Å². The van der Waals surface area contributed by atoms with E-state index >= 15 is 0 Å². The van der Waals surface area contributed by atoms with Crippen LogP contribution in [0.1, 0.15) is 5.82 Å². The van der Waals surface area contributed by atoms with Crippen molar-refractivity contribution in [2.45, 2.75) is 6.61 Å². The highest BCUT2D eigenvalue weighted by Gasteiger charge is 2.13. The fourth-order valence-electron chi connectivity index (χ4n) is 2.94. The Kier molecular flexibility index (Phi) is 4.58.